The van der Waals surface area contributed by atoms with E-state index in [1.54, 1.807) is 7.11 Å². The minimum atomic E-state index is -0.914. The summed E-state index contributed by atoms with van der Waals surface area (Å²) in [4.78, 5) is 4.70. The molecule has 0 saturated carbocycles. The number of nitrogens with one attached hydrogen (secondary N) is 1. The van der Waals surface area contributed by atoms with Crippen molar-refractivity contribution in [1.82, 2.24) is 5.48 Å². The second-order valence-electron chi connectivity index (χ2n) is 3.09. The van der Waals surface area contributed by atoms with E-state index in [4.69, 9.17) is 4.84 Å². The van der Waals surface area contributed by atoms with Crippen molar-refractivity contribution in [3.05, 3.63) is 0 Å². The molecule has 0 amide bonds. The summed E-state index contributed by atoms with van der Waals surface area (Å²) in [5, 5.41) is 0. The monoisotopic (exact) mass is 133 g/mol. The van der Waals surface area contributed by atoms with Crippen molar-refractivity contribution in [2.75, 3.05) is 13.3 Å². The van der Waals surface area contributed by atoms with Gasteiger partial charge in [0.2, 0.25) is 0 Å². The standard InChI is InChI=1S/C5H15NOSi/c1-7-6-5-8(2,3)4/h6H,5H2,1-4H3. The molecule has 0 bridgehead atoms. The first-order chi connectivity index (χ1) is 3.56. The van der Waals surface area contributed by atoms with Crippen molar-refractivity contribution in [1.29, 1.82) is 0 Å². The summed E-state index contributed by atoms with van der Waals surface area (Å²) in [5.41, 5.74) is 2.85. The lowest BCUT2D eigenvalue weighted by Crippen LogP contribution is -2.35. The highest BCUT2D eigenvalue weighted by Crippen LogP contribution is 1.95. The second-order valence-corrected chi connectivity index (χ2v) is 8.56. The van der Waals surface area contributed by atoms with Gasteiger partial charge in [-0.25, -0.2) is 5.48 Å². The van der Waals surface area contributed by atoms with Crippen LogP contribution in [0.15, 0.2) is 0 Å². The van der Waals surface area contributed by atoms with Crippen molar-refractivity contribution in [2.45, 2.75) is 19.6 Å². The van der Waals surface area contributed by atoms with Crippen molar-refractivity contribution >= 4 is 8.07 Å². The fourth-order valence-corrected chi connectivity index (χ4v) is 0.866. The highest BCUT2D eigenvalue weighted by molar-refractivity contribution is 6.76. The molecule has 0 saturated heterocycles. The Bertz CT molecular complexity index is 59.9. The van der Waals surface area contributed by atoms with Crippen LogP contribution in [0, 0.1) is 0 Å². The normalized spacial score (nSPS) is 12.0. The molecule has 2 nitrogen and oxygen atoms in total. The molecule has 0 aromatic heterocycles. The molecule has 0 heterocycles. The van der Waals surface area contributed by atoms with Gasteiger partial charge in [-0.15, -0.1) is 0 Å². The first kappa shape index (κ1) is 8.14. The molecule has 0 aliphatic rings. The van der Waals surface area contributed by atoms with Crippen LogP contribution >= 0.6 is 0 Å². The number of hydrogen-bond acceptors (Lipinski definition) is 2. The third kappa shape index (κ3) is 6.14. The van der Waals surface area contributed by atoms with Gasteiger partial charge in [0, 0.05) is 6.17 Å². The van der Waals surface area contributed by atoms with Crippen LogP contribution in [-0.4, -0.2) is 21.4 Å². The fraction of sp³-hybridized carbons (Fsp3) is 1.00. The number of hydroxylamine groups is 1. The SMILES string of the molecule is CONC[Si](C)(C)C. The van der Waals surface area contributed by atoms with Gasteiger partial charge >= 0.3 is 0 Å². The summed E-state index contributed by atoms with van der Waals surface area (Å²) >= 11 is 0. The molecule has 0 fully saturated rings. The zero-order valence-corrected chi connectivity index (χ0v) is 7.12. The van der Waals surface area contributed by atoms with E-state index < -0.39 is 8.07 Å². The van der Waals surface area contributed by atoms with Crippen LogP contribution in [0.2, 0.25) is 19.6 Å². The third-order valence-electron chi connectivity index (χ3n) is 0.747. The summed E-state index contributed by atoms with van der Waals surface area (Å²) in [7, 11) is 0.739. The topological polar surface area (TPSA) is 21.3 Å². The maximum atomic E-state index is 4.70. The molecule has 0 aromatic carbocycles. The summed E-state index contributed by atoms with van der Waals surface area (Å²) < 4.78 is 0. The molecule has 50 valence electrons. The lowest BCUT2D eigenvalue weighted by molar-refractivity contribution is 0.104. The molecule has 0 aromatic rings. The Morgan fingerprint density at radius 3 is 2.00 bits per heavy atom. The van der Waals surface area contributed by atoms with Gasteiger partial charge in [0.25, 0.3) is 0 Å². The van der Waals surface area contributed by atoms with Crippen molar-refractivity contribution in [2.24, 2.45) is 0 Å². The van der Waals surface area contributed by atoms with Gasteiger partial charge in [0.1, 0.15) is 0 Å². The third-order valence-corrected chi connectivity index (χ3v) is 1.95. The zero-order chi connectivity index (χ0) is 6.62. The Morgan fingerprint density at radius 1 is 1.38 bits per heavy atom. The van der Waals surface area contributed by atoms with E-state index in [9.17, 15) is 0 Å². The minimum Gasteiger partial charge on any atom is -0.305 e. The van der Waals surface area contributed by atoms with Crippen LogP contribution in [0.3, 0.4) is 0 Å². The molecule has 0 spiro atoms. The first-order valence-electron chi connectivity index (χ1n) is 2.82. The highest BCUT2D eigenvalue weighted by Gasteiger charge is 2.10. The smallest absolute Gasteiger partial charge is 0.0626 e. The van der Waals surface area contributed by atoms with Crippen LogP contribution in [0.4, 0.5) is 0 Å². The van der Waals surface area contributed by atoms with Crippen molar-refractivity contribution in [3.8, 4) is 0 Å². The van der Waals surface area contributed by atoms with Crippen LogP contribution in [0.25, 0.3) is 0 Å². The summed E-state index contributed by atoms with van der Waals surface area (Å²) in [6.45, 7) is 6.87. The average molecular weight is 133 g/mol. The molecule has 8 heavy (non-hydrogen) atoms. The molecule has 0 radical (unpaired) electrons. The Balaban J connectivity index is 3.11. The van der Waals surface area contributed by atoms with E-state index in [1.165, 1.54) is 0 Å². The maximum absolute atomic E-state index is 4.70. The van der Waals surface area contributed by atoms with E-state index >= 15 is 0 Å². The van der Waals surface area contributed by atoms with Gasteiger partial charge in [-0.2, -0.15) is 0 Å². The largest absolute Gasteiger partial charge is 0.305 e. The number of hydrogen-bond donors (Lipinski definition) is 1. The van der Waals surface area contributed by atoms with Gasteiger partial charge in [0.05, 0.1) is 15.2 Å². The van der Waals surface area contributed by atoms with Gasteiger partial charge < -0.3 is 4.84 Å². The molecule has 0 aliphatic carbocycles. The van der Waals surface area contributed by atoms with Crippen LogP contribution < -0.4 is 5.48 Å². The van der Waals surface area contributed by atoms with Crippen molar-refractivity contribution < 1.29 is 4.84 Å². The Morgan fingerprint density at radius 2 is 1.88 bits per heavy atom. The van der Waals surface area contributed by atoms with E-state index in [2.05, 4.69) is 25.1 Å². The van der Waals surface area contributed by atoms with E-state index in [1.807, 2.05) is 0 Å². The van der Waals surface area contributed by atoms with Gasteiger partial charge in [-0.3, -0.25) is 0 Å². The highest BCUT2D eigenvalue weighted by atomic mass is 28.3. The second kappa shape index (κ2) is 3.22. The molecule has 0 atom stereocenters. The fourth-order valence-electron chi connectivity index (χ4n) is 0.289. The first-order valence-corrected chi connectivity index (χ1v) is 6.53. The van der Waals surface area contributed by atoms with Gasteiger partial charge in [0.15, 0.2) is 0 Å². The van der Waals surface area contributed by atoms with Gasteiger partial charge in [-0.1, -0.05) is 19.6 Å². The van der Waals surface area contributed by atoms with Gasteiger partial charge in [-0.05, 0) is 0 Å². The Kier molecular flexibility index (Phi) is 3.27. The molecule has 0 unspecified atom stereocenters. The van der Waals surface area contributed by atoms with Crippen LogP contribution in [-0.2, 0) is 4.84 Å². The maximum Gasteiger partial charge on any atom is 0.0626 e. The minimum absolute atomic E-state index is 0.914. The predicted molar refractivity (Wildman–Crippen MR) is 38.4 cm³/mol. The summed E-state index contributed by atoms with van der Waals surface area (Å²) in [6, 6.07) is 0. The average Bonchev–Trinajstić information content (AvgIpc) is 1.59. The zero-order valence-electron chi connectivity index (χ0n) is 6.12. The molecular weight excluding hydrogens is 118 g/mol. The Labute approximate surface area is 52.2 Å². The lowest BCUT2D eigenvalue weighted by atomic mass is 11.5. The molecular formula is C5H15NOSi. The lowest BCUT2D eigenvalue weighted by Gasteiger charge is -2.14. The summed E-state index contributed by atoms with van der Waals surface area (Å²) in [5.74, 6) is 0. The molecule has 0 rings (SSSR count). The quantitative estimate of drug-likeness (QED) is 0.458. The summed E-state index contributed by atoms with van der Waals surface area (Å²) in [6.07, 6.45) is 1.03. The van der Waals surface area contributed by atoms with E-state index in [-0.39, 0.29) is 0 Å². The molecule has 0 aliphatic heterocycles. The molecule has 1 N–H and O–H groups in total. The van der Waals surface area contributed by atoms with E-state index in [0.717, 1.165) is 6.17 Å². The van der Waals surface area contributed by atoms with Crippen LogP contribution in [0.1, 0.15) is 0 Å². The van der Waals surface area contributed by atoms with E-state index in [0.29, 0.717) is 0 Å². The number of rotatable bonds is 3. The predicted octanol–water partition coefficient (Wildman–Crippen LogP) is 1.01. The Hall–Kier alpha value is 0.137. The van der Waals surface area contributed by atoms with Crippen molar-refractivity contribution in [3.63, 3.8) is 0 Å². The van der Waals surface area contributed by atoms with Crippen LogP contribution in [0.5, 0.6) is 0 Å². The molecule has 3 heteroatoms.